The van der Waals surface area contributed by atoms with Crippen molar-refractivity contribution in [1.82, 2.24) is 4.90 Å². The molecule has 82 valence electrons. The van der Waals surface area contributed by atoms with Gasteiger partial charge in [0.25, 0.3) is 0 Å². The van der Waals surface area contributed by atoms with Crippen molar-refractivity contribution < 1.29 is 9.90 Å². The van der Waals surface area contributed by atoms with E-state index in [4.69, 9.17) is 23.1 Å². The van der Waals surface area contributed by atoms with Gasteiger partial charge in [-0.2, -0.15) is 0 Å². The zero-order valence-electron chi connectivity index (χ0n) is 8.86. The zero-order valence-corrected chi connectivity index (χ0v) is 9.67. The van der Waals surface area contributed by atoms with Gasteiger partial charge in [0.2, 0.25) is 5.91 Å². The average molecular weight is 218 g/mol. The van der Waals surface area contributed by atoms with Crippen LogP contribution in [0.25, 0.3) is 0 Å². The van der Waals surface area contributed by atoms with Crippen molar-refractivity contribution in [2.45, 2.75) is 26.3 Å². The molecule has 0 fully saturated rings. The molecule has 5 heteroatoms. The molecule has 0 bridgehead atoms. The van der Waals surface area contributed by atoms with Gasteiger partial charge in [-0.25, -0.2) is 0 Å². The van der Waals surface area contributed by atoms with E-state index in [1.807, 2.05) is 6.92 Å². The molecule has 0 heterocycles. The smallest absolute Gasteiger partial charge is 0.232 e. The molecule has 0 rings (SSSR count). The predicted octanol–water partition coefficient (Wildman–Crippen LogP) is 0.138. The second-order valence-corrected chi connectivity index (χ2v) is 3.82. The van der Waals surface area contributed by atoms with Gasteiger partial charge in [0.1, 0.15) is 0 Å². The molecule has 0 aliphatic heterocycles. The molecule has 0 aliphatic carbocycles. The van der Waals surface area contributed by atoms with E-state index in [1.165, 1.54) is 4.90 Å². The Morgan fingerprint density at radius 3 is 2.43 bits per heavy atom. The highest BCUT2D eigenvalue weighted by molar-refractivity contribution is 7.80. The lowest BCUT2D eigenvalue weighted by Gasteiger charge is -2.26. The number of carbonyl (C=O) groups excluding carboxylic acids is 1. The molecule has 0 aromatic carbocycles. The van der Waals surface area contributed by atoms with Crippen molar-refractivity contribution in [1.29, 1.82) is 0 Å². The SMILES string of the molecule is CCC(C(=O)N(C)C(C)CO)C(N)=S. The second-order valence-electron chi connectivity index (χ2n) is 3.34. The summed E-state index contributed by atoms with van der Waals surface area (Å²) in [6.45, 7) is 3.57. The number of thiocarbonyl (C=S) groups is 1. The van der Waals surface area contributed by atoms with Gasteiger partial charge < -0.3 is 15.7 Å². The van der Waals surface area contributed by atoms with Crippen molar-refractivity contribution >= 4 is 23.1 Å². The Kier molecular flexibility index (Phi) is 5.64. The molecular weight excluding hydrogens is 200 g/mol. The lowest BCUT2D eigenvalue weighted by atomic mass is 10.0. The van der Waals surface area contributed by atoms with Gasteiger partial charge in [-0.15, -0.1) is 0 Å². The van der Waals surface area contributed by atoms with Gasteiger partial charge in [0.05, 0.1) is 23.6 Å². The minimum Gasteiger partial charge on any atom is -0.394 e. The standard InChI is InChI=1S/C9H18N2O2S/c1-4-7(8(10)14)9(13)11(3)6(2)5-12/h6-7,12H,4-5H2,1-3H3,(H2,10,14). The molecule has 1 amide bonds. The fourth-order valence-electron chi connectivity index (χ4n) is 1.08. The van der Waals surface area contributed by atoms with E-state index in [0.29, 0.717) is 6.42 Å². The molecule has 4 nitrogen and oxygen atoms in total. The van der Waals surface area contributed by atoms with Crippen LogP contribution in [0, 0.1) is 5.92 Å². The normalized spacial score (nSPS) is 14.6. The Morgan fingerprint density at radius 1 is 1.64 bits per heavy atom. The largest absolute Gasteiger partial charge is 0.394 e. The maximum absolute atomic E-state index is 11.8. The van der Waals surface area contributed by atoms with E-state index >= 15 is 0 Å². The summed E-state index contributed by atoms with van der Waals surface area (Å²) in [7, 11) is 1.64. The monoisotopic (exact) mass is 218 g/mol. The van der Waals surface area contributed by atoms with Crippen LogP contribution in [0.5, 0.6) is 0 Å². The van der Waals surface area contributed by atoms with Gasteiger partial charge in [0.15, 0.2) is 0 Å². The van der Waals surface area contributed by atoms with E-state index in [9.17, 15) is 4.79 Å². The van der Waals surface area contributed by atoms with Crippen LogP contribution in [0.1, 0.15) is 20.3 Å². The highest BCUT2D eigenvalue weighted by Crippen LogP contribution is 2.09. The highest BCUT2D eigenvalue weighted by Gasteiger charge is 2.25. The number of hydrogen-bond donors (Lipinski definition) is 2. The maximum atomic E-state index is 11.8. The molecule has 0 aliphatic rings. The summed E-state index contributed by atoms with van der Waals surface area (Å²) in [4.78, 5) is 13.5. The van der Waals surface area contributed by atoms with Gasteiger partial charge in [0, 0.05) is 7.05 Å². The summed E-state index contributed by atoms with van der Waals surface area (Å²) < 4.78 is 0. The average Bonchev–Trinajstić information content (AvgIpc) is 2.15. The van der Waals surface area contributed by atoms with Gasteiger partial charge in [-0.1, -0.05) is 19.1 Å². The van der Waals surface area contributed by atoms with Crippen LogP contribution in [0.3, 0.4) is 0 Å². The van der Waals surface area contributed by atoms with E-state index in [-0.39, 0.29) is 23.5 Å². The van der Waals surface area contributed by atoms with Gasteiger partial charge >= 0.3 is 0 Å². The highest BCUT2D eigenvalue weighted by atomic mass is 32.1. The number of aliphatic hydroxyl groups is 1. The topological polar surface area (TPSA) is 66.6 Å². The van der Waals surface area contributed by atoms with Gasteiger partial charge in [-0.05, 0) is 13.3 Å². The summed E-state index contributed by atoms with van der Waals surface area (Å²) in [5, 5.41) is 8.89. The molecule has 0 saturated heterocycles. The van der Waals surface area contributed by atoms with Crippen molar-refractivity contribution in [3.63, 3.8) is 0 Å². The summed E-state index contributed by atoms with van der Waals surface area (Å²) in [6.07, 6.45) is 0.594. The first-order valence-corrected chi connectivity index (χ1v) is 5.03. The van der Waals surface area contributed by atoms with Crippen LogP contribution in [0.15, 0.2) is 0 Å². The Hall–Kier alpha value is -0.680. The number of nitrogens with zero attached hydrogens (tertiary/aromatic N) is 1. The number of hydrogen-bond acceptors (Lipinski definition) is 3. The third-order valence-electron chi connectivity index (χ3n) is 2.32. The minimum absolute atomic E-state index is 0.0595. The Morgan fingerprint density at radius 2 is 2.14 bits per heavy atom. The molecule has 2 atom stereocenters. The third kappa shape index (κ3) is 3.23. The molecule has 0 spiro atoms. The minimum atomic E-state index is -0.413. The van der Waals surface area contributed by atoms with Crippen LogP contribution in [0.4, 0.5) is 0 Å². The quantitative estimate of drug-likeness (QED) is 0.644. The summed E-state index contributed by atoms with van der Waals surface area (Å²) in [5.41, 5.74) is 5.45. The first-order chi connectivity index (χ1) is 6.45. The van der Waals surface area contributed by atoms with Crippen molar-refractivity contribution in [3.8, 4) is 0 Å². The second kappa shape index (κ2) is 5.93. The summed E-state index contributed by atoms with van der Waals surface area (Å²) in [5.74, 6) is -0.537. The molecule has 0 aromatic rings. The van der Waals surface area contributed by atoms with Crippen LogP contribution in [-0.2, 0) is 4.79 Å². The molecule has 0 radical (unpaired) electrons. The fraction of sp³-hybridized carbons (Fsp3) is 0.778. The zero-order chi connectivity index (χ0) is 11.3. The predicted molar refractivity (Wildman–Crippen MR) is 59.9 cm³/mol. The van der Waals surface area contributed by atoms with Crippen LogP contribution in [-0.4, -0.2) is 40.6 Å². The fourth-order valence-corrected chi connectivity index (χ4v) is 1.35. The van der Waals surface area contributed by atoms with E-state index in [0.717, 1.165) is 0 Å². The Balaban J connectivity index is 4.50. The van der Waals surface area contributed by atoms with E-state index in [1.54, 1.807) is 14.0 Å². The number of nitrogens with two attached hydrogens (primary N) is 1. The first-order valence-electron chi connectivity index (χ1n) is 4.62. The number of amides is 1. The Labute approximate surface area is 90.1 Å². The summed E-state index contributed by atoms with van der Waals surface area (Å²) >= 11 is 4.80. The molecular formula is C9H18N2O2S. The lowest BCUT2D eigenvalue weighted by molar-refractivity contribution is -0.134. The summed E-state index contributed by atoms with van der Waals surface area (Å²) in [6, 6.07) is -0.203. The van der Waals surface area contributed by atoms with Crippen molar-refractivity contribution in [2.24, 2.45) is 11.7 Å². The Bertz CT molecular complexity index is 221. The van der Waals surface area contributed by atoms with Crippen LogP contribution >= 0.6 is 12.2 Å². The third-order valence-corrected chi connectivity index (χ3v) is 2.61. The number of likely N-dealkylation sites (N-methyl/N-ethyl adjacent to an activating group) is 1. The molecule has 0 saturated carbocycles. The molecule has 0 aromatic heterocycles. The number of carbonyl (C=O) groups is 1. The van der Waals surface area contributed by atoms with Crippen molar-refractivity contribution in [3.05, 3.63) is 0 Å². The first kappa shape index (κ1) is 13.3. The van der Waals surface area contributed by atoms with Crippen molar-refractivity contribution in [2.75, 3.05) is 13.7 Å². The maximum Gasteiger partial charge on any atom is 0.232 e. The van der Waals surface area contributed by atoms with E-state index < -0.39 is 5.92 Å². The number of aliphatic hydroxyl groups excluding tert-OH is 1. The van der Waals surface area contributed by atoms with Gasteiger partial charge in [-0.3, -0.25) is 4.79 Å². The van der Waals surface area contributed by atoms with Crippen LogP contribution < -0.4 is 5.73 Å². The molecule has 14 heavy (non-hydrogen) atoms. The molecule has 2 unspecified atom stereocenters. The number of rotatable bonds is 5. The van der Waals surface area contributed by atoms with Crippen LogP contribution in [0.2, 0.25) is 0 Å². The molecule has 3 N–H and O–H groups in total. The lowest BCUT2D eigenvalue weighted by Crippen LogP contribution is -2.44. The van der Waals surface area contributed by atoms with E-state index in [2.05, 4.69) is 0 Å².